The minimum atomic E-state index is -4.70. The standard InChI is InChI=1S/C47H55F3N8O7/c1-46(2,64)33-24-36-28(23-37(33)53-42(60)35-9-5-10-39(52-35)47(48,49)50)26-57(55-36)30-15-11-27(12-16-30)25-56(3)21-6-22-65-31-17-13-29(14-18-31)51-34-8-4-7-32-41(34)45(63)58(44(32)62)38-19-20-40(59)54-43(38)61/h4-5,7-10,23-24,26-27,29-31,38,51,64H,6,11-22,25H2,1-3H3,(H,53,60)(H,54,59,61). The van der Waals surface area contributed by atoms with Gasteiger partial charge in [-0.2, -0.15) is 18.3 Å². The summed E-state index contributed by atoms with van der Waals surface area (Å²) in [7, 11) is 2.14. The van der Waals surface area contributed by atoms with Crippen molar-refractivity contribution in [3.63, 3.8) is 0 Å². The lowest BCUT2D eigenvalue weighted by molar-refractivity contribution is -0.141. The SMILES string of the molecule is CN(CCCOC1CCC(Nc2cccc3c2C(=O)N(C2CCC(=O)NC2=O)C3=O)CC1)CC1CCC(n2cc3cc(NC(=O)c4cccc(C(F)(F)F)n4)c(C(C)(C)O)cc3n2)CC1. The van der Waals surface area contributed by atoms with Gasteiger partial charge in [-0.25, -0.2) is 4.98 Å². The molecule has 346 valence electrons. The molecule has 2 aromatic heterocycles. The third-order valence-electron chi connectivity index (χ3n) is 13.1. The number of anilines is 2. The highest BCUT2D eigenvalue weighted by atomic mass is 19.4. The fourth-order valence-electron chi connectivity index (χ4n) is 9.73. The Bertz CT molecular complexity index is 2470. The van der Waals surface area contributed by atoms with E-state index in [-0.39, 0.29) is 47.8 Å². The van der Waals surface area contributed by atoms with Crippen LogP contribution < -0.4 is 16.0 Å². The molecule has 2 saturated carbocycles. The average molecular weight is 901 g/mol. The third-order valence-corrected chi connectivity index (χ3v) is 13.1. The predicted molar refractivity (Wildman–Crippen MR) is 234 cm³/mol. The molecule has 8 rings (SSSR count). The Morgan fingerprint density at radius 1 is 0.938 bits per heavy atom. The van der Waals surface area contributed by atoms with Gasteiger partial charge in [0, 0.05) is 60.7 Å². The van der Waals surface area contributed by atoms with E-state index < -0.39 is 58.7 Å². The number of halogens is 3. The lowest BCUT2D eigenvalue weighted by Gasteiger charge is -2.32. The summed E-state index contributed by atoms with van der Waals surface area (Å²) >= 11 is 0. The molecular formula is C47H55F3N8O7. The van der Waals surface area contributed by atoms with Crippen molar-refractivity contribution in [2.24, 2.45) is 5.92 Å². The fourth-order valence-corrected chi connectivity index (χ4v) is 9.73. The molecule has 2 aliphatic heterocycles. The number of hydrogen-bond donors (Lipinski definition) is 4. The van der Waals surface area contributed by atoms with E-state index in [2.05, 4.69) is 32.9 Å². The van der Waals surface area contributed by atoms with Crippen LogP contribution in [-0.4, -0.2) is 104 Å². The maximum atomic E-state index is 13.5. The van der Waals surface area contributed by atoms with E-state index in [1.54, 1.807) is 44.2 Å². The number of aliphatic hydroxyl groups is 1. The minimum absolute atomic E-state index is 0.0682. The molecule has 2 aliphatic carbocycles. The second-order valence-electron chi connectivity index (χ2n) is 18.4. The number of aromatic nitrogens is 3. The van der Waals surface area contributed by atoms with Crippen molar-refractivity contribution in [3.8, 4) is 0 Å². The number of rotatable bonds is 14. The number of fused-ring (bicyclic) bond motifs is 2. The van der Waals surface area contributed by atoms with E-state index >= 15 is 0 Å². The van der Waals surface area contributed by atoms with Gasteiger partial charge in [0.1, 0.15) is 17.4 Å². The highest BCUT2D eigenvalue weighted by Gasteiger charge is 2.46. The first-order valence-electron chi connectivity index (χ1n) is 22.5. The number of nitrogens with one attached hydrogen (secondary N) is 3. The number of amides is 5. The zero-order chi connectivity index (χ0) is 46.2. The Morgan fingerprint density at radius 3 is 2.38 bits per heavy atom. The van der Waals surface area contributed by atoms with Crippen LogP contribution in [-0.2, 0) is 26.1 Å². The van der Waals surface area contributed by atoms with E-state index in [9.17, 15) is 42.3 Å². The van der Waals surface area contributed by atoms with Crippen LogP contribution in [0.3, 0.4) is 0 Å². The first-order valence-corrected chi connectivity index (χ1v) is 22.5. The van der Waals surface area contributed by atoms with Gasteiger partial charge in [0.15, 0.2) is 0 Å². The van der Waals surface area contributed by atoms with Gasteiger partial charge in [0.25, 0.3) is 17.7 Å². The lowest BCUT2D eigenvalue weighted by atomic mass is 9.86. The number of carbonyl (C=O) groups is 5. The summed E-state index contributed by atoms with van der Waals surface area (Å²) in [4.78, 5) is 70.8. The summed E-state index contributed by atoms with van der Waals surface area (Å²) in [5.74, 6) is -2.37. The molecule has 0 radical (unpaired) electrons. The number of carbonyl (C=O) groups excluding carboxylic acids is 5. The molecule has 5 amide bonds. The summed E-state index contributed by atoms with van der Waals surface area (Å²) in [5.41, 5.74) is -0.557. The van der Waals surface area contributed by atoms with Gasteiger partial charge in [-0.1, -0.05) is 12.1 Å². The van der Waals surface area contributed by atoms with Crippen LogP contribution in [0.25, 0.3) is 10.9 Å². The maximum Gasteiger partial charge on any atom is 0.433 e. The minimum Gasteiger partial charge on any atom is -0.386 e. The number of pyridine rings is 1. The van der Waals surface area contributed by atoms with Crippen molar-refractivity contribution in [2.45, 2.75) is 120 Å². The molecule has 3 fully saturated rings. The predicted octanol–water partition coefficient (Wildman–Crippen LogP) is 6.82. The molecule has 18 heteroatoms. The van der Waals surface area contributed by atoms with E-state index in [4.69, 9.17) is 9.84 Å². The molecule has 2 aromatic carbocycles. The second-order valence-corrected chi connectivity index (χ2v) is 18.4. The molecule has 1 unspecified atom stereocenters. The van der Waals surface area contributed by atoms with Crippen LogP contribution >= 0.6 is 0 Å². The molecule has 65 heavy (non-hydrogen) atoms. The lowest BCUT2D eigenvalue weighted by Crippen LogP contribution is -2.54. The third kappa shape index (κ3) is 10.2. The van der Waals surface area contributed by atoms with Gasteiger partial charge in [0.2, 0.25) is 11.8 Å². The number of ether oxygens (including phenoxy) is 1. The number of imide groups is 2. The first kappa shape index (κ1) is 45.8. The number of hydrogen-bond acceptors (Lipinski definition) is 11. The molecule has 0 spiro atoms. The molecule has 1 atom stereocenters. The Labute approximate surface area is 374 Å². The molecule has 1 saturated heterocycles. The Kier molecular flexibility index (Phi) is 13.1. The van der Waals surface area contributed by atoms with E-state index in [1.165, 1.54) is 6.07 Å². The van der Waals surface area contributed by atoms with E-state index in [0.717, 1.165) is 93.3 Å². The quantitative estimate of drug-likeness (QED) is 0.0768. The van der Waals surface area contributed by atoms with Crippen LogP contribution in [0.2, 0.25) is 0 Å². The van der Waals surface area contributed by atoms with Crippen molar-refractivity contribution in [3.05, 3.63) is 82.8 Å². The van der Waals surface area contributed by atoms with Crippen molar-refractivity contribution in [2.75, 3.05) is 37.4 Å². The van der Waals surface area contributed by atoms with Crippen molar-refractivity contribution in [1.82, 2.24) is 29.9 Å². The summed E-state index contributed by atoms with van der Waals surface area (Å²) in [6.45, 7) is 5.69. The Morgan fingerprint density at radius 2 is 1.68 bits per heavy atom. The Hall–Kier alpha value is -5.72. The smallest absolute Gasteiger partial charge is 0.386 e. The average Bonchev–Trinajstić information content (AvgIpc) is 3.80. The summed E-state index contributed by atoms with van der Waals surface area (Å²) in [6.07, 6.45) is 5.83. The fraction of sp³-hybridized carbons (Fsp3) is 0.511. The van der Waals surface area contributed by atoms with Crippen LogP contribution in [0.15, 0.2) is 54.7 Å². The van der Waals surface area contributed by atoms with Crippen molar-refractivity contribution in [1.29, 1.82) is 0 Å². The molecule has 0 bridgehead atoms. The zero-order valence-electron chi connectivity index (χ0n) is 36.7. The normalized spacial score (nSPS) is 23.0. The largest absolute Gasteiger partial charge is 0.433 e. The molecular weight excluding hydrogens is 846 g/mol. The van der Waals surface area contributed by atoms with E-state index in [1.807, 2.05) is 10.9 Å². The number of piperidine rings is 1. The van der Waals surface area contributed by atoms with Gasteiger partial charge in [-0.05, 0) is 127 Å². The molecule has 15 nitrogen and oxygen atoms in total. The molecule has 4 N–H and O–H groups in total. The second kappa shape index (κ2) is 18.6. The number of alkyl halides is 3. The molecule has 4 aliphatic rings. The topological polar surface area (TPSA) is 188 Å². The molecule has 4 aromatic rings. The molecule has 4 heterocycles. The van der Waals surface area contributed by atoms with Gasteiger partial charge in [-0.3, -0.25) is 38.9 Å². The van der Waals surface area contributed by atoms with E-state index in [0.29, 0.717) is 29.3 Å². The number of nitrogens with zero attached hydrogens (tertiary/aromatic N) is 5. The summed E-state index contributed by atoms with van der Waals surface area (Å²) in [6, 6.07) is 10.9. The van der Waals surface area contributed by atoms with Crippen molar-refractivity contribution >= 4 is 51.8 Å². The first-order chi connectivity index (χ1) is 30.9. The highest BCUT2D eigenvalue weighted by molar-refractivity contribution is 6.25. The Balaban J connectivity index is 0.763. The summed E-state index contributed by atoms with van der Waals surface area (Å²) < 4.78 is 48.0. The monoisotopic (exact) mass is 900 g/mol. The van der Waals surface area contributed by atoms with Gasteiger partial charge < -0.3 is 25.4 Å². The van der Waals surface area contributed by atoms with Crippen LogP contribution in [0.1, 0.15) is 133 Å². The van der Waals surface area contributed by atoms with Gasteiger partial charge >= 0.3 is 6.18 Å². The van der Waals surface area contributed by atoms with Crippen LogP contribution in [0.5, 0.6) is 0 Å². The van der Waals surface area contributed by atoms with Crippen molar-refractivity contribution < 1.29 is 47.0 Å². The van der Waals surface area contributed by atoms with Crippen LogP contribution in [0, 0.1) is 5.92 Å². The maximum absolute atomic E-state index is 13.5. The van der Waals surface area contributed by atoms with Gasteiger partial charge in [-0.15, -0.1) is 0 Å². The summed E-state index contributed by atoms with van der Waals surface area (Å²) in [5, 5.41) is 24.9. The number of benzene rings is 2. The zero-order valence-corrected chi connectivity index (χ0v) is 36.7. The van der Waals surface area contributed by atoms with Crippen LogP contribution in [0.4, 0.5) is 24.5 Å². The van der Waals surface area contributed by atoms with Gasteiger partial charge in [0.05, 0.1) is 34.4 Å². The highest BCUT2D eigenvalue weighted by Crippen LogP contribution is 2.38.